The van der Waals surface area contributed by atoms with Gasteiger partial charge in [-0.05, 0) is 67.1 Å². The van der Waals surface area contributed by atoms with E-state index in [0.717, 1.165) is 17.3 Å². The maximum atomic E-state index is 13.2. The summed E-state index contributed by atoms with van der Waals surface area (Å²) in [6, 6.07) is 19.5. The number of anilines is 1. The summed E-state index contributed by atoms with van der Waals surface area (Å²) in [6.45, 7) is 2.08. The Bertz CT molecular complexity index is 1050. The molecule has 0 spiro atoms. The Hall–Kier alpha value is -4.00. The Morgan fingerprint density at radius 1 is 1.03 bits per heavy atom. The Labute approximate surface area is 173 Å². The Balaban J connectivity index is 1.46. The predicted molar refractivity (Wildman–Crippen MR) is 113 cm³/mol. The Kier molecular flexibility index (Phi) is 6.89. The molecule has 0 aromatic heterocycles. The summed E-state index contributed by atoms with van der Waals surface area (Å²) < 4.78 is 18.4. The van der Waals surface area contributed by atoms with Crippen LogP contribution < -0.4 is 15.5 Å². The van der Waals surface area contributed by atoms with Gasteiger partial charge < -0.3 is 10.1 Å². The number of esters is 1. The van der Waals surface area contributed by atoms with Crippen LogP contribution in [0, 0.1) is 12.7 Å². The van der Waals surface area contributed by atoms with Crippen molar-refractivity contribution >= 4 is 23.8 Å². The molecule has 0 radical (unpaired) electrons. The van der Waals surface area contributed by atoms with Gasteiger partial charge in [0.05, 0.1) is 18.3 Å². The molecule has 0 saturated heterocycles. The highest BCUT2D eigenvalue weighted by Crippen LogP contribution is 2.14. The fourth-order valence-corrected chi connectivity index (χ4v) is 2.48. The maximum Gasteiger partial charge on any atom is 0.343 e. The highest BCUT2D eigenvalue weighted by Gasteiger charge is 2.09. The SMILES string of the molecule is Cc1ccc(NCC(=O)NN=Cc2ccc(OC(=O)c3cccc(F)c3)cc2)cc1. The predicted octanol–water partition coefficient (Wildman–Crippen LogP) is 3.92. The summed E-state index contributed by atoms with van der Waals surface area (Å²) in [5.74, 6) is -1.13. The quantitative estimate of drug-likeness (QED) is 0.270. The van der Waals surface area contributed by atoms with Gasteiger partial charge in [0.15, 0.2) is 0 Å². The first-order chi connectivity index (χ1) is 14.5. The lowest BCUT2D eigenvalue weighted by Gasteiger charge is -2.05. The van der Waals surface area contributed by atoms with E-state index in [0.29, 0.717) is 11.3 Å². The van der Waals surface area contributed by atoms with Crippen molar-refractivity contribution in [3.8, 4) is 5.75 Å². The van der Waals surface area contributed by atoms with Gasteiger partial charge in [-0.1, -0.05) is 23.8 Å². The number of rotatable bonds is 7. The highest BCUT2D eigenvalue weighted by molar-refractivity contribution is 5.91. The van der Waals surface area contributed by atoms with Crippen molar-refractivity contribution in [2.45, 2.75) is 6.92 Å². The van der Waals surface area contributed by atoms with Crippen LogP contribution in [0.15, 0.2) is 77.9 Å². The molecule has 3 aromatic carbocycles. The van der Waals surface area contributed by atoms with Gasteiger partial charge in [0.25, 0.3) is 5.91 Å². The van der Waals surface area contributed by atoms with Crippen LogP contribution in [0.25, 0.3) is 0 Å². The molecule has 2 N–H and O–H groups in total. The summed E-state index contributed by atoms with van der Waals surface area (Å²) in [7, 11) is 0. The number of carbonyl (C=O) groups excluding carboxylic acids is 2. The zero-order valence-electron chi connectivity index (χ0n) is 16.3. The molecule has 1 amide bonds. The number of hydrogen-bond donors (Lipinski definition) is 2. The van der Waals surface area contributed by atoms with E-state index in [1.807, 2.05) is 31.2 Å². The lowest BCUT2D eigenvalue weighted by Crippen LogP contribution is -2.25. The van der Waals surface area contributed by atoms with Crippen molar-refractivity contribution in [2.24, 2.45) is 5.10 Å². The zero-order chi connectivity index (χ0) is 21.3. The molecule has 0 atom stereocenters. The highest BCUT2D eigenvalue weighted by atomic mass is 19.1. The van der Waals surface area contributed by atoms with Crippen LogP contribution >= 0.6 is 0 Å². The zero-order valence-corrected chi connectivity index (χ0v) is 16.3. The first kappa shape index (κ1) is 20.7. The molecule has 0 aliphatic heterocycles. The molecule has 30 heavy (non-hydrogen) atoms. The molecule has 6 nitrogen and oxygen atoms in total. The van der Waals surface area contributed by atoms with Crippen LogP contribution in [-0.2, 0) is 4.79 Å². The molecule has 0 fully saturated rings. The molecule has 0 saturated carbocycles. The van der Waals surface area contributed by atoms with E-state index >= 15 is 0 Å². The average Bonchev–Trinajstić information content (AvgIpc) is 2.74. The first-order valence-electron chi connectivity index (χ1n) is 9.20. The smallest absolute Gasteiger partial charge is 0.343 e. The van der Waals surface area contributed by atoms with Crippen molar-refractivity contribution in [1.82, 2.24) is 5.43 Å². The largest absolute Gasteiger partial charge is 0.423 e. The number of hydrazone groups is 1. The number of hydrogen-bond acceptors (Lipinski definition) is 5. The molecule has 3 rings (SSSR count). The third-order valence-electron chi connectivity index (χ3n) is 4.06. The second-order valence-corrected chi connectivity index (χ2v) is 6.48. The van der Waals surface area contributed by atoms with Gasteiger partial charge in [0.1, 0.15) is 11.6 Å². The molecule has 0 heterocycles. The molecule has 0 bridgehead atoms. The van der Waals surface area contributed by atoms with E-state index in [-0.39, 0.29) is 18.0 Å². The lowest BCUT2D eigenvalue weighted by molar-refractivity contribution is -0.119. The van der Waals surface area contributed by atoms with Crippen molar-refractivity contribution in [3.63, 3.8) is 0 Å². The fourth-order valence-electron chi connectivity index (χ4n) is 2.48. The van der Waals surface area contributed by atoms with Crippen molar-refractivity contribution < 1.29 is 18.7 Å². The normalized spacial score (nSPS) is 10.6. The van der Waals surface area contributed by atoms with Crippen LogP contribution in [0.2, 0.25) is 0 Å². The molecular formula is C23H20FN3O3. The van der Waals surface area contributed by atoms with E-state index in [1.165, 1.54) is 24.4 Å². The van der Waals surface area contributed by atoms with E-state index in [4.69, 9.17) is 4.74 Å². The molecule has 0 aliphatic carbocycles. The van der Waals surface area contributed by atoms with Gasteiger partial charge in [-0.25, -0.2) is 14.6 Å². The minimum atomic E-state index is -0.649. The molecule has 3 aromatic rings. The van der Waals surface area contributed by atoms with E-state index in [2.05, 4.69) is 15.8 Å². The second kappa shape index (κ2) is 9.97. The maximum absolute atomic E-state index is 13.2. The molecule has 152 valence electrons. The van der Waals surface area contributed by atoms with E-state index < -0.39 is 11.8 Å². The number of nitrogens with zero attached hydrogens (tertiary/aromatic N) is 1. The summed E-state index contributed by atoms with van der Waals surface area (Å²) in [4.78, 5) is 23.8. The number of carbonyl (C=O) groups is 2. The van der Waals surface area contributed by atoms with Crippen molar-refractivity contribution in [2.75, 3.05) is 11.9 Å². The fraction of sp³-hybridized carbons (Fsp3) is 0.0870. The third-order valence-corrected chi connectivity index (χ3v) is 4.06. The van der Waals surface area contributed by atoms with Crippen LogP contribution in [0.1, 0.15) is 21.5 Å². The second-order valence-electron chi connectivity index (χ2n) is 6.48. The van der Waals surface area contributed by atoms with Crippen LogP contribution in [0.4, 0.5) is 10.1 Å². The average molecular weight is 405 g/mol. The number of aryl methyl sites for hydroxylation is 1. The monoisotopic (exact) mass is 405 g/mol. The summed E-state index contributed by atoms with van der Waals surface area (Å²) in [5.41, 5.74) is 5.26. The van der Waals surface area contributed by atoms with Gasteiger partial charge >= 0.3 is 5.97 Å². The van der Waals surface area contributed by atoms with Gasteiger partial charge in [-0.2, -0.15) is 5.10 Å². The minimum absolute atomic E-state index is 0.0926. The summed E-state index contributed by atoms with van der Waals surface area (Å²) in [6.07, 6.45) is 1.47. The molecule has 7 heteroatoms. The van der Waals surface area contributed by atoms with Crippen LogP contribution in [0.5, 0.6) is 5.75 Å². The number of amides is 1. The first-order valence-corrected chi connectivity index (χ1v) is 9.20. The van der Waals surface area contributed by atoms with Crippen LogP contribution in [0.3, 0.4) is 0 Å². The number of ether oxygens (including phenoxy) is 1. The third kappa shape index (κ3) is 6.27. The number of halogens is 1. The topological polar surface area (TPSA) is 79.8 Å². The molecular weight excluding hydrogens is 385 g/mol. The standard InChI is InChI=1S/C23H20FN3O3/c1-16-5-9-20(10-6-16)25-15-22(28)27-26-14-17-7-11-21(12-8-17)30-23(29)18-3-2-4-19(24)13-18/h2-14,25H,15H2,1H3,(H,27,28). The summed E-state index contributed by atoms with van der Waals surface area (Å²) in [5, 5.41) is 6.91. The molecule has 0 aliphatic rings. The van der Waals surface area contributed by atoms with E-state index in [1.54, 1.807) is 24.3 Å². The van der Waals surface area contributed by atoms with Gasteiger partial charge in [-0.15, -0.1) is 0 Å². The lowest BCUT2D eigenvalue weighted by atomic mass is 10.2. The van der Waals surface area contributed by atoms with E-state index in [9.17, 15) is 14.0 Å². The Morgan fingerprint density at radius 2 is 1.77 bits per heavy atom. The number of nitrogens with one attached hydrogen (secondary N) is 2. The Morgan fingerprint density at radius 3 is 2.47 bits per heavy atom. The molecule has 0 unspecified atom stereocenters. The van der Waals surface area contributed by atoms with Gasteiger partial charge in [0, 0.05) is 5.69 Å². The van der Waals surface area contributed by atoms with Crippen LogP contribution in [-0.4, -0.2) is 24.6 Å². The summed E-state index contributed by atoms with van der Waals surface area (Å²) >= 11 is 0. The van der Waals surface area contributed by atoms with Gasteiger partial charge in [-0.3, -0.25) is 4.79 Å². The van der Waals surface area contributed by atoms with Crippen molar-refractivity contribution in [1.29, 1.82) is 0 Å². The van der Waals surface area contributed by atoms with Crippen molar-refractivity contribution in [3.05, 3.63) is 95.3 Å². The minimum Gasteiger partial charge on any atom is -0.423 e. The van der Waals surface area contributed by atoms with Gasteiger partial charge in [0.2, 0.25) is 0 Å². The number of benzene rings is 3.